The summed E-state index contributed by atoms with van der Waals surface area (Å²) in [5.41, 5.74) is 0.531. The highest BCUT2D eigenvalue weighted by Crippen LogP contribution is 2.23. The summed E-state index contributed by atoms with van der Waals surface area (Å²) in [6.07, 6.45) is 0.140. The minimum absolute atomic E-state index is 0.0875. The first-order valence-corrected chi connectivity index (χ1v) is 7.50. The third-order valence-electron chi connectivity index (χ3n) is 2.53. The van der Waals surface area contributed by atoms with Crippen molar-refractivity contribution in [3.8, 4) is 0 Å². The summed E-state index contributed by atoms with van der Waals surface area (Å²) in [7, 11) is 0. The van der Waals surface area contributed by atoms with Crippen molar-refractivity contribution in [2.24, 2.45) is 0 Å². The lowest BCUT2D eigenvalue weighted by atomic mass is 10.2. The first-order valence-electron chi connectivity index (χ1n) is 5.70. The zero-order valence-corrected chi connectivity index (χ0v) is 12.2. The van der Waals surface area contributed by atoms with Gasteiger partial charge < -0.3 is 10.6 Å². The molecule has 1 aromatic rings. The Hall–Kier alpha value is -0.910. The van der Waals surface area contributed by atoms with Crippen molar-refractivity contribution >= 4 is 52.5 Å². The summed E-state index contributed by atoms with van der Waals surface area (Å²) in [6, 6.07) is 4.81. The number of amides is 2. The third kappa shape index (κ3) is 4.30. The van der Waals surface area contributed by atoms with E-state index in [9.17, 15) is 9.59 Å². The quantitative estimate of drug-likeness (QED) is 0.900. The molecular weight excluding hydrogens is 307 g/mol. The van der Waals surface area contributed by atoms with E-state index in [1.807, 2.05) is 0 Å². The minimum Gasteiger partial charge on any atom is -0.354 e. The Balaban J connectivity index is 1.95. The Kier molecular flexibility index (Phi) is 4.96. The molecule has 1 heterocycles. The van der Waals surface area contributed by atoms with Gasteiger partial charge in [0.25, 0.3) is 0 Å². The van der Waals surface area contributed by atoms with Crippen LogP contribution in [0.4, 0.5) is 5.69 Å². The maximum absolute atomic E-state index is 11.9. The van der Waals surface area contributed by atoms with Crippen LogP contribution < -0.4 is 10.6 Å². The van der Waals surface area contributed by atoms with Gasteiger partial charge in [0.15, 0.2) is 0 Å². The number of carbonyl (C=O) groups is 2. The van der Waals surface area contributed by atoms with E-state index < -0.39 is 0 Å². The number of benzene rings is 1. The van der Waals surface area contributed by atoms with Gasteiger partial charge in [-0.25, -0.2) is 0 Å². The SMILES string of the molecule is O=C(CC1SCCNC1=O)Nc1cc(Cl)cc(Cl)c1. The molecule has 1 aliphatic heterocycles. The molecule has 1 saturated heterocycles. The minimum atomic E-state index is -0.330. The van der Waals surface area contributed by atoms with Crippen LogP contribution in [0.3, 0.4) is 0 Å². The van der Waals surface area contributed by atoms with Gasteiger partial charge in [0.1, 0.15) is 0 Å². The second-order valence-corrected chi connectivity index (χ2v) is 6.24. The van der Waals surface area contributed by atoms with Crippen LogP contribution >= 0.6 is 35.0 Å². The van der Waals surface area contributed by atoms with Crippen LogP contribution in [0.1, 0.15) is 6.42 Å². The Bertz CT molecular complexity index is 490. The first-order chi connectivity index (χ1) is 9.04. The van der Waals surface area contributed by atoms with E-state index in [1.165, 1.54) is 11.8 Å². The van der Waals surface area contributed by atoms with Crippen LogP contribution in [-0.2, 0) is 9.59 Å². The van der Waals surface area contributed by atoms with Gasteiger partial charge in [0, 0.05) is 34.5 Å². The molecule has 1 atom stereocenters. The Morgan fingerprint density at radius 3 is 2.68 bits per heavy atom. The molecule has 2 amide bonds. The van der Waals surface area contributed by atoms with Gasteiger partial charge >= 0.3 is 0 Å². The predicted octanol–water partition coefficient (Wildman–Crippen LogP) is 2.55. The largest absolute Gasteiger partial charge is 0.354 e. The molecule has 19 heavy (non-hydrogen) atoms. The van der Waals surface area contributed by atoms with Gasteiger partial charge in [-0.3, -0.25) is 9.59 Å². The lowest BCUT2D eigenvalue weighted by Gasteiger charge is -2.20. The van der Waals surface area contributed by atoms with Crippen molar-refractivity contribution in [1.29, 1.82) is 0 Å². The molecule has 1 fully saturated rings. The standard InChI is InChI=1S/C12H12Cl2N2O2S/c13-7-3-8(14)5-9(4-7)16-11(17)6-10-12(18)15-1-2-19-10/h3-5,10H,1-2,6H2,(H,15,18)(H,16,17). The molecule has 4 nitrogen and oxygen atoms in total. The van der Waals surface area contributed by atoms with Crippen molar-refractivity contribution in [2.45, 2.75) is 11.7 Å². The molecule has 1 unspecified atom stereocenters. The Morgan fingerprint density at radius 1 is 1.37 bits per heavy atom. The summed E-state index contributed by atoms with van der Waals surface area (Å²) in [5.74, 6) is 0.510. The van der Waals surface area contributed by atoms with Gasteiger partial charge in [0.2, 0.25) is 11.8 Å². The van der Waals surface area contributed by atoms with Crippen LogP contribution in [0.15, 0.2) is 18.2 Å². The van der Waals surface area contributed by atoms with Gasteiger partial charge in [-0.2, -0.15) is 0 Å². The van der Waals surface area contributed by atoms with Crippen LogP contribution in [-0.4, -0.2) is 29.4 Å². The van der Waals surface area contributed by atoms with E-state index in [1.54, 1.807) is 18.2 Å². The number of hydrogen-bond acceptors (Lipinski definition) is 3. The van der Waals surface area contributed by atoms with Crippen molar-refractivity contribution in [1.82, 2.24) is 5.32 Å². The van der Waals surface area contributed by atoms with Crippen molar-refractivity contribution in [3.05, 3.63) is 28.2 Å². The lowest BCUT2D eigenvalue weighted by Crippen LogP contribution is -2.40. The summed E-state index contributed by atoms with van der Waals surface area (Å²) in [6.45, 7) is 0.658. The number of rotatable bonds is 3. The fourth-order valence-corrected chi connectivity index (χ4v) is 3.26. The normalized spacial score (nSPS) is 18.8. The van der Waals surface area contributed by atoms with Gasteiger partial charge in [-0.05, 0) is 18.2 Å². The summed E-state index contributed by atoms with van der Waals surface area (Å²) in [4.78, 5) is 23.4. The molecule has 0 aromatic heterocycles. The molecule has 102 valence electrons. The first kappa shape index (κ1) is 14.5. The number of nitrogens with one attached hydrogen (secondary N) is 2. The Morgan fingerprint density at radius 2 is 2.05 bits per heavy atom. The maximum Gasteiger partial charge on any atom is 0.233 e. The highest BCUT2D eigenvalue weighted by molar-refractivity contribution is 8.00. The number of halogens is 2. The van der Waals surface area contributed by atoms with Gasteiger partial charge in [0.05, 0.1) is 5.25 Å². The molecule has 0 radical (unpaired) electrons. The third-order valence-corrected chi connectivity index (χ3v) is 4.19. The smallest absolute Gasteiger partial charge is 0.233 e. The summed E-state index contributed by atoms with van der Waals surface area (Å²) >= 11 is 13.2. The lowest BCUT2D eigenvalue weighted by molar-refractivity contribution is -0.123. The predicted molar refractivity (Wildman–Crippen MR) is 79.0 cm³/mol. The second-order valence-electron chi connectivity index (χ2n) is 4.06. The molecule has 1 aromatic carbocycles. The highest BCUT2D eigenvalue weighted by atomic mass is 35.5. The number of carbonyl (C=O) groups excluding carboxylic acids is 2. The number of hydrogen-bond donors (Lipinski definition) is 2. The maximum atomic E-state index is 11.9. The summed E-state index contributed by atoms with van der Waals surface area (Å²) in [5, 5.41) is 6.00. The fraction of sp³-hybridized carbons (Fsp3) is 0.333. The average molecular weight is 319 g/mol. The monoisotopic (exact) mass is 318 g/mol. The van der Waals surface area contributed by atoms with E-state index in [0.29, 0.717) is 22.3 Å². The van der Waals surface area contributed by atoms with Crippen molar-refractivity contribution in [2.75, 3.05) is 17.6 Å². The Labute approximate surface area is 125 Å². The number of anilines is 1. The molecular formula is C12H12Cl2N2O2S. The van der Waals surface area contributed by atoms with E-state index in [-0.39, 0.29) is 23.5 Å². The average Bonchev–Trinajstić information content (AvgIpc) is 2.30. The second kappa shape index (κ2) is 6.50. The van der Waals surface area contributed by atoms with Crippen molar-refractivity contribution in [3.63, 3.8) is 0 Å². The van der Waals surface area contributed by atoms with Crippen molar-refractivity contribution < 1.29 is 9.59 Å². The molecule has 0 saturated carbocycles. The molecule has 2 rings (SSSR count). The van der Waals surface area contributed by atoms with Crippen LogP contribution in [0.5, 0.6) is 0 Å². The molecule has 0 bridgehead atoms. The number of thioether (sulfide) groups is 1. The van der Waals surface area contributed by atoms with Gasteiger partial charge in [-0.15, -0.1) is 11.8 Å². The van der Waals surface area contributed by atoms with Crippen LogP contribution in [0, 0.1) is 0 Å². The molecule has 0 spiro atoms. The van der Waals surface area contributed by atoms with Crippen LogP contribution in [0.25, 0.3) is 0 Å². The van der Waals surface area contributed by atoms with E-state index in [0.717, 1.165) is 5.75 Å². The molecule has 0 aliphatic carbocycles. The zero-order valence-electron chi connectivity index (χ0n) is 9.91. The topological polar surface area (TPSA) is 58.2 Å². The fourth-order valence-electron chi connectivity index (χ4n) is 1.72. The van der Waals surface area contributed by atoms with E-state index in [4.69, 9.17) is 23.2 Å². The van der Waals surface area contributed by atoms with E-state index >= 15 is 0 Å². The summed E-state index contributed by atoms with van der Waals surface area (Å²) < 4.78 is 0. The van der Waals surface area contributed by atoms with E-state index in [2.05, 4.69) is 10.6 Å². The molecule has 1 aliphatic rings. The molecule has 7 heteroatoms. The highest BCUT2D eigenvalue weighted by Gasteiger charge is 2.25. The van der Waals surface area contributed by atoms with Gasteiger partial charge in [-0.1, -0.05) is 23.2 Å². The zero-order chi connectivity index (χ0) is 13.8. The van der Waals surface area contributed by atoms with Crippen LogP contribution in [0.2, 0.25) is 10.0 Å². The molecule has 2 N–H and O–H groups in total.